The van der Waals surface area contributed by atoms with Gasteiger partial charge in [-0.25, -0.2) is 0 Å². The van der Waals surface area contributed by atoms with Gasteiger partial charge in [-0.05, 0) is 19.8 Å². The molecule has 1 saturated carbocycles. The summed E-state index contributed by atoms with van der Waals surface area (Å²) in [6.45, 7) is 2.42. The molecule has 0 saturated heterocycles. The lowest BCUT2D eigenvalue weighted by atomic mass is 10.0. The van der Waals surface area contributed by atoms with E-state index in [0.717, 1.165) is 0 Å². The molecule has 0 heterocycles. The van der Waals surface area contributed by atoms with E-state index in [1.165, 1.54) is 25.7 Å². The predicted molar refractivity (Wildman–Crippen MR) is 50.6 cm³/mol. The van der Waals surface area contributed by atoms with Crippen molar-refractivity contribution in [2.24, 2.45) is 0 Å². The van der Waals surface area contributed by atoms with Crippen molar-refractivity contribution in [3.8, 4) is 0 Å². The molecule has 2 nitrogen and oxygen atoms in total. The minimum absolute atomic E-state index is 0.206. The highest BCUT2D eigenvalue weighted by Crippen LogP contribution is 2.28. The van der Waals surface area contributed by atoms with E-state index in [-0.39, 0.29) is 12.1 Å². The van der Waals surface area contributed by atoms with Crippen LogP contribution in [-0.4, -0.2) is 17.1 Å². The highest BCUT2D eigenvalue weighted by molar-refractivity contribution is 7.80. The van der Waals surface area contributed by atoms with E-state index in [1.54, 1.807) is 0 Å². The van der Waals surface area contributed by atoms with Crippen molar-refractivity contribution in [2.75, 3.05) is 6.54 Å². The van der Waals surface area contributed by atoms with Gasteiger partial charge in [-0.2, -0.15) is 0 Å². The molecule has 0 aliphatic heterocycles. The van der Waals surface area contributed by atoms with Crippen molar-refractivity contribution in [1.29, 1.82) is 0 Å². The van der Waals surface area contributed by atoms with Gasteiger partial charge in [0, 0.05) is 5.54 Å². The van der Waals surface area contributed by atoms with Crippen molar-refractivity contribution in [2.45, 2.75) is 38.1 Å². The summed E-state index contributed by atoms with van der Waals surface area (Å²) in [5, 5.41) is 3.25. The molecule has 1 aliphatic rings. The zero-order valence-electron chi connectivity index (χ0n) is 6.94. The Balaban J connectivity index is 2.39. The van der Waals surface area contributed by atoms with Gasteiger partial charge in [-0.15, -0.1) is 0 Å². The fraction of sp³-hybridized carbons (Fsp3) is 0.875. The van der Waals surface area contributed by atoms with Crippen LogP contribution in [0.1, 0.15) is 32.6 Å². The molecule has 2 N–H and O–H groups in total. The van der Waals surface area contributed by atoms with Gasteiger partial charge < -0.3 is 5.32 Å². The van der Waals surface area contributed by atoms with Crippen molar-refractivity contribution in [3.63, 3.8) is 0 Å². The predicted octanol–water partition coefficient (Wildman–Crippen LogP) is 1.52. The Morgan fingerprint density at radius 2 is 2.09 bits per heavy atom. The van der Waals surface area contributed by atoms with E-state index in [4.69, 9.17) is 18.0 Å². The van der Waals surface area contributed by atoms with E-state index in [1.807, 2.05) is 0 Å². The van der Waals surface area contributed by atoms with E-state index in [2.05, 4.69) is 12.2 Å². The standard InChI is InChI=1S/C8H15N2S/c1-8(4-2-3-5-8)10-7(11)6-9/h9H,2-6H2,1H3,(H,10,11). The van der Waals surface area contributed by atoms with Gasteiger partial charge >= 0.3 is 0 Å². The van der Waals surface area contributed by atoms with E-state index < -0.39 is 0 Å². The molecule has 1 fully saturated rings. The molecule has 11 heavy (non-hydrogen) atoms. The third kappa shape index (κ3) is 2.42. The van der Waals surface area contributed by atoms with Gasteiger partial charge in [-0.3, -0.25) is 5.73 Å². The maximum atomic E-state index is 7.06. The summed E-state index contributed by atoms with van der Waals surface area (Å²) in [5.41, 5.74) is 7.26. The van der Waals surface area contributed by atoms with E-state index >= 15 is 0 Å². The highest BCUT2D eigenvalue weighted by Gasteiger charge is 2.28. The molecule has 63 valence electrons. The molecule has 0 amide bonds. The van der Waals surface area contributed by atoms with Crippen molar-refractivity contribution in [1.82, 2.24) is 11.1 Å². The summed E-state index contributed by atoms with van der Waals surface area (Å²) in [7, 11) is 0. The van der Waals surface area contributed by atoms with Crippen LogP contribution in [0.25, 0.3) is 0 Å². The second-order valence-electron chi connectivity index (χ2n) is 3.49. The third-order valence-corrected chi connectivity index (χ3v) is 2.56. The first kappa shape index (κ1) is 8.94. The SMILES string of the molecule is CC1(NC(=S)C[NH])CCCC1. The van der Waals surface area contributed by atoms with Crippen LogP contribution in [0, 0.1) is 0 Å². The van der Waals surface area contributed by atoms with E-state index in [9.17, 15) is 0 Å². The summed E-state index contributed by atoms with van der Waals surface area (Å²) >= 11 is 4.97. The quantitative estimate of drug-likeness (QED) is 0.639. The van der Waals surface area contributed by atoms with E-state index in [0.29, 0.717) is 4.99 Å². The molecular formula is C8H15N2S. The molecule has 3 heteroatoms. The molecule has 0 bridgehead atoms. The van der Waals surface area contributed by atoms with Gasteiger partial charge in [0.25, 0.3) is 0 Å². The number of nitrogens with one attached hydrogen (secondary N) is 2. The molecule has 1 rings (SSSR count). The Labute approximate surface area is 73.5 Å². The zero-order valence-corrected chi connectivity index (χ0v) is 7.76. The highest BCUT2D eigenvalue weighted by atomic mass is 32.1. The first-order valence-electron chi connectivity index (χ1n) is 4.12. The molecule has 0 aromatic carbocycles. The summed E-state index contributed by atoms with van der Waals surface area (Å²) in [6, 6.07) is 0. The molecule has 0 spiro atoms. The van der Waals surface area contributed by atoms with Crippen LogP contribution in [0.2, 0.25) is 0 Å². The second kappa shape index (κ2) is 3.50. The topological polar surface area (TPSA) is 35.8 Å². The van der Waals surface area contributed by atoms with Gasteiger partial charge in [-0.1, -0.05) is 25.1 Å². The maximum Gasteiger partial charge on any atom is 0.0912 e. The molecule has 0 aromatic rings. The van der Waals surface area contributed by atoms with Crippen molar-refractivity contribution < 1.29 is 0 Å². The summed E-state index contributed by atoms with van der Waals surface area (Å²) in [4.78, 5) is 0.689. The van der Waals surface area contributed by atoms with Crippen LogP contribution < -0.4 is 11.1 Å². The zero-order chi connectivity index (χ0) is 8.32. The average molecular weight is 171 g/mol. The molecule has 1 aliphatic carbocycles. The summed E-state index contributed by atoms with van der Waals surface area (Å²) in [6.07, 6.45) is 4.99. The van der Waals surface area contributed by atoms with Gasteiger partial charge in [0.2, 0.25) is 0 Å². The fourth-order valence-electron chi connectivity index (χ4n) is 1.66. The largest absolute Gasteiger partial charge is 0.373 e. The maximum absolute atomic E-state index is 7.06. The molecular weight excluding hydrogens is 156 g/mol. The Morgan fingerprint density at radius 1 is 1.55 bits per heavy atom. The Bertz CT molecular complexity index is 150. The van der Waals surface area contributed by atoms with Crippen LogP contribution in [0.3, 0.4) is 0 Å². The summed E-state index contributed by atoms with van der Waals surface area (Å²) in [5.74, 6) is 0. The first-order valence-corrected chi connectivity index (χ1v) is 4.53. The van der Waals surface area contributed by atoms with Crippen LogP contribution in [0.5, 0.6) is 0 Å². The Morgan fingerprint density at radius 3 is 2.55 bits per heavy atom. The minimum atomic E-state index is 0.206. The Kier molecular flexibility index (Phi) is 2.84. The molecule has 1 radical (unpaired) electrons. The summed E-state index contributed by atoms with van der Waals surface area (Å²) < 4.78 is 0. The second-order valence-corrected chi connectivity index (χ2v) is 3.99. The fourth-order valence-corrected chi connectivity index (χ4v) is 1.91. The van der Waals surface area contributed by atoms with Gasteiger partial charge in [0.05, 0.1) is 11.5 Å². The third-order valence-electron chi connectivity index (χ3n) is 2.31. The molecule has 0 unspecified atom stereocenters. The number of rotatable bonds is 2. The Hall–Kier alpha value is -0.150. The van der Waals surface area contributed by atoms with Gasteiger partial charge in [0.1, 0.15) is 0 Å². The average Bonchev–Trinajstić information content (AvgIpc) is 2.36. The smallest absolute Gasteiger partial charge is 0.0912 e. The normalized spacial score (nSPS) is 21.6. The van der Waals surface area contributed by atoms with Crippen molar-refractivity contribution >= 4 is 17.2 Å². The van der Waals surface area contributed by atoms with Gasteiger partial charge in [0.15, 0.2) is 0 Å². The lowest BCUT2D eigenvalue weighted by Gasteiger charge is -2.26. The first-order chi connectivity index (χ1) is 5.16. The minimum Gasteiger partial charge on any atom is -0.373 e. The van der Waals surface area contributed by atoms with Crippen molar-refractivity contribution in [3.05, 3.63) is 0 Å². The van der Waals surface area contributed by atoms with Crippen LogP contribution in [-0.2, 0) is 0 Å². The number of hydrogen-bond donors (Lipinski definition) is 1. The van der Waals surface area contributed by atoms with Crippen LogP contribution in [0.4, 0.5) is 0 Å². The lowest BCUT2D eigenvalue weighted by Crippen LogP contribution is -2.44. The molecule has 0 aromatic heterocycles. The number of thiocarbonyl (C=S) groups is 1. The molecule has 0 atom stereocenters. The van der Waals surface area contributed by atoms with Crippen LogP contribution in [0.15, 0.2) is 0 Å². The monoisotopic (exact) mass is 171 g/mol. The lowest BCUT2D eigenvalue weighted by molar-refractivity contribution is 0.432. The van der Waals surface area contributed by atoms with Crippen LogP contribution >= 0.6 is 12.2 Å². The number of hydrogen-bond acceptors (Lipinski definition) is 1.